The fourth-order valence-electron chi connectivity index (χ4n) is 3.91. The molecule has 1 amide bonds. The van der Waals surface area contributed by atoms with Gasteiger partial charge in [-0.1, -0.05) is 56.3 Å². The molecule has 132 valence electrons. The molecule has 5 nitrogen and oxygen atoms in total. The maximum Gasteiger partial charge on any atom is 0.256 e. The van der Waals surface area contributed by atoms with Gasteiger partial charge in [-0.25, -0.2) is 0 Å². The lowest BCUT2D eigenvalue weighted by molar-refractivity contribution is 0.0778. The van der Waals surface area contributed by atoms with Gasteiger partial charge in [-0.3, -0.25) is 9.36 Å². The van der Waals surface area contributed by atoms with Crippen LogP contribution in [-0.2, 0) is 0 Å². The standard InChI is InChI=1S/C21H22N4O/c1-21(2)13-24(12-18(21)16-8-4-3-5-9-16)20(26)17-10-6-7-11-19(17)25-14-22-23-15-25/h3-11,14-15,18H,12-13H2,1-2H3/t18-/m0/s1. The number of carbonyl (C=O) groups excluding carboxylic acids is 1. The second-order valence-electron chi connectivity index (χ2n) is 7.52. The molecular weight excluding hydrogens is 324 g/mol. The molecule has 0 radical (unpaired) electrons. The molecule has 0 N–H and O–H groups in total. The lowest BCUT2D eigenvalue weighted by Gasteiger charge is -2.25. The zero-order chi connectivity index (χ0) is 18.1. The van der Waals surface area contributed by atoms with Gasteiger partial charge in [0, 0.05) is 19.0 Å². The van der Waals surface area contributed by atoms with Crippen LogP contribution in [0.25, 0.3) is 5.69 Å². The van der Waals surface area contributed by atoms with Crippen molar-refractivity contribution < 1.29 is 4.79 Å². The van der Waals surface area contributed by atoms with Gasteiger partial charge < -0.3 is 4.90 Å². The summed E-state index contributed by atoms with van der Waals surface area (Å²) in [6.07, 6.45) is 3.24. The molecule has 5 heteroatoms. The fraction of sp³-hybridized carbons (Fsp3) is 0.286. The molecule has 0 spiro atoms. The Bertz CT molecular complexity index is 903. The minimum Gasteiger partial charge on any atom is -0.337 e. The van der Waals surface area contributed by atoms with Crippen molar-refractivity contribution >= 4 is 5.91 Å². The summed E-state index contributed by atoms with van der Waals surface area (Å²) >= 11 is 0. The van der Waals surface area contributed by atoms with Crippen molar-refractivity contribution in [3.8, 4) is 5.69 Å². The highest BCUT2D eigenvalue weighted by Crippen LogP contribution is 2.42. The summed E-state index contributed by atoms with van der Waals surface area (Å²) in [4.78, 5) is 15.3. The maximum atomic E-state index is 13.3. The highest BCUT2D eigenvalue weighted by atomic mass is 16.2. The maximum absolute atomic E-state index is 13.3. The summed E-state index contributed by atoms with van der Waals surface area (Å²) in [7, 11) is 0. The smallest absolute Gasteiger partial charge is 0.256 e. The zero-order valence-electron chi connectivity index (χ0n) is 15.0. The monoisotopic (exact) mass is 346 g/mol. The third kappa shape index (κ3) is 2.90. The normalized spacial score (nSPS) is 18.8. The quantitative estimate of drug-likeness (QED) is 0.729. The fourth-order valence-corrected chi connectivity index (χ4v) is 3.91. The molecular formula is C21H22N4O. The highest BCUT2D eigenvalue weighted by molar-refractivity contribution is 5.98. The van der Waals surface area contributed by atoms with Gasteiger partial charge in [-0.15, -0.1) is 10.2 Å². The predicted molar refractivity (Wildman–Crippen MR) is 100 cm³/mol. The molecule has 0 bridgehead atoms. The van der Waals surface area contributed by atoms with E-state index in [1.807, 2.05) is 35.2 Å². The highest BCUT2D eigenvalue weighted by Gasteiger charge is 2.42. The Hall–Kier alpha value is -2.95. The second kappa shape index (κ2) is 6.41. The van der Waals surface area contributed by atoms with E-state index < -0.39 is 0 Å². The third-order valence-corrected chi connectivity index (χ3v) is 5.27. The van der Waals surface area contributed by atoms with Crippen LogP contribution in [0.1, 0.15) is 35.7 Å². The van der Waals surface area contributed by atoms with E-state index in [-0.39, 0.29) is 11.3 Å². The predicted octanol–water partition coefficient (Wildman–Crippen LogP) is 3.53. The number of para-hydroxylation sites is 1. The summed E-state index contributed by atoms with van der Waals surface area (Å²) in [5, 5.41) is 7.72. The molecule has 4 rings (SSSR count). The van der Waals surface area contributed by atoms with Crippen LogP contribution in [0.3, 0.4) is 0 Å². The van der Waals surface area contributed by atoms with Crippen LogP contribution in [0.15, 0.2) is 67.3 Å². The average Bonchev–Trinajstić information content (AvgIpc) is 3.29. The number of benzene rings is 2. The molecule has 2 aromatic carbocycles. The summed E-state index contributed by atoms with van der Waals surface area (Å²) in [5.74, 6) is 0.385. The first kappa shape index (κ1) is 16.5. The van der Waals surface area contributed by atoms with Crippen LogP contribution >= 0.6 is 0 Å². The van der Waals surface area contributed by atoms with Gasteiger partial charge in [-0.2, -0.15) is 0 Å². The molecule has 1 saturated heterocycles. The number of nitrogens with zero attached hydrogens (tertiary/aromatic N) is 4. The molecule has 26 heavy (non-hydrogen) atoms. The molecule has 0 unspecified atom stereocenters. The Morgan fingerprint density at radius 2 is 1.65 bits per heavy atom. The Balaban J connectivity index is 1.65. The molecule has 1 aliphatic heterocycles. The number of carbonyl (C=O) groups is 1. The minimum atomic E-state index is 0.0303. The first-order valence-corrected chi connectivity index (χ1v) is 8.84. The number of rotatable bonds is 3. The molecule has 1 atom stereocenters. The number of hydrogen-bond acceptors (Lipinski definition) is 3. The first-order chi connectivity index (χ1) is 12.6. The third-order valence-electron chi connectivity index (χ3n) is 5.27. The van der Waals surface area contributed by atoms with E-state index >= 15 is 0 Å². The topological polar surface area (TPSA) is 51.0 Å². The van der Waals surface area contributed by atoms with Gasteiger partial charge in [0.2, 0.25) is 0 Å². The molecule has 0 aliphatic carbocycles. The second-order valence-corrected chi connectivity index (χ2v) is 7.52. The van der Waals surface area contributed by atoms with Crippen molar-refractivity contribution in [2.75, 3.05) is 13.1 Å². The van der Waals surface area contributed by atoms with Crippen LogP contribution in [0.4, 0.5) is 0 Å². The summed E-state index contributed by atoms with van der Waals surface area (Å²) in [6, 6.07) is 18.1. The van der Waals surface area contributed by atoms with Crippen LogP contribution < -0.4 is 0 Å². The Kier molecular flexibility index (Phi) is 4.07. The van der Waals surface area contributed by atoms with Crippen LogP contribution in [-0.4, -0.2) is 38.7 Å². The van der Waals surface area contributed by atoms with Crippen molar-refractivity contribution in [2.45, 2.75) is 19.8 Å². The van der Waals surface area contributed by atoms with Crippen molar-refractivity contribution in [1.82, 2.24) is 19.7 Å². The van der Waals surface area contributed by atoms with Crippen LogP contribution in [0.5, 0.6) is 0 Å². The van der Waals surface area contributed by atoms with Gasteiger partial charge in [0.1, 0.15) is 12.7 Å². The Morgan fingerprint density at radius 1 is 1.00 bits per heavy atom. The van der Waals surface area contributed by atoms with Crippen molar-refractivity contribution in [1.29, 1.82) is 0 Å². The van der Waals surface area contributed by atoms with Crippen molar-refractivity contribution in [3.05, 3.63) is 78.4 Å². The number of hydrogen-bond donors (Lipinski definition) is 0. The lowest BCUT2D eigenvalue weighted by Crippen LogP contribution is -2.31. The number of amides is 1. The summed E-state index contributed by atoms with van der Waals surface area (Å²) < 4.78 is 1.78. The van der Waals surface area contributed by atoms with Gasteiger partial charge in [0.25, 0.3) is 5.91 Å². The Labute approximate surface area is 153 Å². The van der Waals surface area contributed by atoms with E-state index in [0.717, 1.165) is 18.8 Å². The van der Waals surface area contributed by atoms with E-state index in [2.05, 4.69) is 48.3 Å². The van der Waals surface area contributed by atoms with Crippen molar-refractivity contribution in [2.24, 2.45) is 5.41 Å². The SMILES string of the molecule is CC1(C)CN(C(=O)c2ccccc2-n2cnnc2)C[C@H]1c1ccccc1. The lowest BCUT2D eigenvalue weighted by atomic mass is 9.78. The molecule has 3 aromatic rings. The van der Waals surface area contributed by atoms with Crippen LogP contribution in [0.2, 0.25) is 0 Å². The molecule has 2 heterocycles. The summed E-state index contributed by atoms with van der Waals surface area (Å²) in [6.45, 7) is 5.95. The molecule has 1 aromatic heterocycles. The number of aromatic nitrogens is 3. The van der Waals surface area contributed by atoms with Crippen LogP contribution in [0, 0.1) is 5.41 Å². The molecule has 0 saturated carbocycles. The van der Waals surface area contributed by atoms with E-state index in [4.69, 9.17) is 0 Å². The average molecular weight is 346 g/mol. The minimum absolute atomic E-state index is 0.0303. The van der Waals surface area contributed by atoms with Gasteiger partial charge in [0.05, 0.1) is 11.3 Å². The van der Waals surface area contributed by atoms with E-state index in [0.29, 0.717) is 11.5 Å². The van der Waals surface area contributed by atoms with Crippen molar-refractivity contribution in [3.63, 3.8) is 0 Å². The van der Waals surface area contributed by atoms with Gasteiger partial charge in [-0.05, 0) is 23.1 Å². The largest absolute Gasteiger partial charge is 0.337 e. The number of likely N-dealkylation sites (tertiary alicyclic amines) is 1. The van der Waals surface area contributed by atoms with Gasteiger partial charge >= 0.3 is 0 Å². The van der Waals surface area contributed by atoms with Gasteiger partial charge in [0.15, 0.2) is 0 Å². The van der Waals surface area contributed by atoms with E-state index in [9.17, 15) is 4.79 Å². The van der Waals surface area contributed by atoms with E-state index in [1.165, 1.54) is 5.56 Å². The van der Waals surface area contributed by atoms with E-state index in [1.54, 1.807) is 17.2 Å². The Morgan fingerprint density at radius 3 is 2.38 bits per heavy atom. The summed E-state index contributed by atoms with van der Waals surface area (Å²) in [5.41, 5.74) is 2.81. The molecule has 1 aliphatic rings. The molecule has 1 fully saturated rings. The zero-order valence-corrected chi connectivity index (χ0v) is 15.0. The first-order valence-electron chi connectivity index (χ1n) is 8.84.